The van der Waals surface area contributed by atoms with Crippen LogP contribution in [-0.2, 0) is 11.2 Å². The van der Waals surface area contributed by atoms with Gasteiger partial charge in [0.25, 0.3) is 0 Å². The quantitative estimate of drug-likeness (QED) is 0.595. The van der Waals surface area contributed by atoms with Crippen molar-refractivity contribution < 1.29 is 4.79 Å². The Kier molecular flexibility index (Phi) is 7.75. The SMILES string of the molecule is CC(=O)CCC(=S)N(c1ccccc1)C1CCN(CCc2ccccc2)CC1. The fourth-order valence-electron chi connectivity index (χ4n) is 3.88. The molecule has 0 radical (unpaired) electrons. The molecular formula is C24H30N2OS. The number of thiocarbonyl (C=S) groups is 1. The third kappa shape index (κ3) is 5.98. The van der Waals surface area contributed by atoms with E-state index >= 15 is 0 Å². The van der Waals surface area contributed by atoms with Crippen LogP contribution >= 0.6 is 12.2 Å². The fourth-order valence-corrected chi connectivity index (χ4v) is 4.24. The number of carbonyl (C=O) groups is 1. The smallest absolute Gasteiger partial charge is 0.130 e. The molecule has 0 spiro atoms. The van der Waals surface area contributed by atoms with Crippen LogP contribution in [0.25, 0.3) is 0 Å². The Balaban J connectivity index is 1.59. The Morgan fingerprint density at radius 3 is 2.21 bits per heavy atom. The number of Topliss-reactive ketones (excluding diaryl/α,β-unsaturated/α-hetero) is 1. The van der Waals surface area contributed by atoms with Crippen molar-refractivity contribution in [3.05, 3.63) is 66.2 Å². The zero-order chi connectivity index (χ0) is 19.8. The number of hydrogen-bond acceptors (Lipinski definition) is 3. The number of hydrogen-bond donors (Lipinski definition) is 0. The van der Waals surface area contributed by atoms with E-state index in [0.717, 1.165) is 49.6 Å². The molecule has 4 heteroatoms. The largest absolute Gasteiger partial charge is 0.333 e. The van der Waals surface area contributed by atoms with Gasteiger partial charge in [-0.15, -0.1) is 0 Å². The van der Waals surface area contributed by atoms with E-state index in [1.54, 1.807) is 6.92 Å². The maximum Gasteiger partial charge on any atom is 0.130 e. The molecule has 1 aliphatic heterocycles. The van der Waals surface area contributed by atoms with Crippen molar-refractivity contribution in [3.63, 3.8) is 0 Å². The van der Waals surface area contributed by atoms with Crippen molar-refractivity contribution in [2.45, 2.75) is 45.1 Å². The molecular weight excluding hydrogens is 364 g/mol. The van der Waals surface area contributed by atoms with Crippen molar-refractivity contribution in [1.82, 2.24) is 4.90 Å². The van der Waals surface area contributed by atoms with E-state index in [9.17, 15) is 4.79 Å². The first kappa shape index (κ1) is 20.7. The van der Waals surface area contributed by atoms with Crippen LogP contribution in [0.3, 0.4) is 0 Å². The normalized spacial score (nSPS) is 15.3. The Morgan fingerprint density at radius 2 is 1.61 bits per heavy atom. The van der Waals surface area contributed by atoms with Gasteiger partial charge in [0.15, 0.2) is 0 Å². The lowest BCUT2D eigenvalue weighted by atomic mass is 10.0. The summed E-state index contributed by atoms with van der Waals surface area (Å²) in [5, 5.41) is 0. The Labute approximate surface area is 174 Å². The molecule has 2 aromatic rings. The summed E-state index contributed by atoms with van der Waals surface area (Å²) in [6.45, 7) is 4.93. The van der Waals surface area contributed by atoms with Gasteiger partial charge in [-0.2, -0.15) is 0 Å². The Morgan fingerprint density at radius 1 is 1.00 bits per heavy atom. The minimum atomic E-state index is 0.200. The standard InChI is InChI=1S/C24H30N2OS/c1-20(27)12-13-24(28)26(22-10-6-3-7-11-22)23-15-18-25(19-16-23)17-14-21-8-4-2-5-9-21/h2-11,23H,12-19H2,1H3. The van der Waals surface area contributed by atoms with Crippen LogP contribution in [0.2, 0.25) is 0 Å². The minimum absolute atomic E-state index is 0.200. The van der Waals surface area contributed by atoms with Gasteiger partial charge in [-0.25, -0.2) is 0 Å². The molecule has 0 aromatic heterocycles. The van der Waals surface area contributed by atoms with Gasteiger partial charge in [0, 0.05) is 44.2 Å². The first-order valence-electron chi connectivity index (χ1n) is 10.3. The molecule has 1 fully saturated rings. The molecule has 3 rings (SSSR count). The van der Waals surface area contributed by atoms with E-state index in [1.807, 2.05) is 6.07 Å². The van der Waals surface area contributed by atoms with E-state index in [4.69, 9.17) is 12.2 Å². The number of nitrogens with zero attached hydrogens (tertiary/aromatic N) is 2. The molecule has 28 heavy (non-hydrogen) atoms. The topological polar surface area (TPSA) is 23.6 Å². The van der Waals surface area contributed by atoms with Crippen molar-refractivity contribution in [2.75, 3.05) is 24.5 Å². The average molecular weight is 395 g/mol. The number of para-hydroxylation sites is 1. The summed E-state index contributed by atoms with van der Waals surface area (Å²) in [6.07, 6.45) is 4.49. The van der Waals surface area contributed by atoms with Gasteiger partial charge in [-0.1, -0.05) is 60.7 Å². The molecule has 148 valence electrons. The average Bonchev–Trinajstić information content (AvgIpc) is 2.73. The highest BCUT2D eigenvalue weighted by atomic mass is 32.1. The second kappa shape index (κ2) is 10.5. The maximum absolute atomic E-state index is 11.4. The van der Waals surface area contributed by atoms with Crippen LogP contribution in [0.15, 0.2) is 60.7 Å². The molecule has 0 aliphatic carbocycles. The van der Waals surface area contributed by atoms with E-state index in [0.29, 0.717) is 18.9 Å². The summed E-state index contributed by atoms with van der Waals surface area (Å²) in [7, 11) is 0. The van der Waals surface area contributed by atoms with Gasteiger partial charge >= 0.3 is 0 Å². The van der Waals surface area contributed by atoms with Crippen molar-refractivity contribution >= 4 is 28.7 Å². The van der Waals surface area contributed by atoms with Crippen LogP contribution in [0, 0.1) is 0 Å². The lowest BCUT2D eigenvalue weighted by molar-refractivity contribution is -0.116. The number of anilines is 1. The van der Waals surface area contributed by atoms with Gasteiger partial charge < -0.3 is 14.6 Å². The highest BCUT2D eigenvalue weighted by molar-refractivity contribution is 7.80. The zero-order valence-electron chi connectivity index (χ0n) is 16.7. The van der Waals surface area contributed by atoms with Crippen LogP contribution in [0.4, 0.5) is 5.69 Å². The monoisotopic (exact) mass is 394 g/mol. The number of piperidine rings is 1. The van der Waals surface area contributed by atoms with Crippen molar-refractivity contribution in [3.8, 4) is 0 Å². The lowest BCUT2D eigenvalue weighted by Gasteiger charge is -2.40. The van der Waals surface area contributed by atoms with Gasteiger partial charge in [-0.3, -0.25) is 0 Å². The van der Waals surface area contributed by atoms with E-state index in [2.05, 4.69) is 64.4 Å². The first-order valence-corrected chi connectivity index (χ1v) is 10.7. The summed E-state index contributed by atoms with van der Waals surface area (Å²) in [5.41, 5.74) is 2.56. The van der Waals surface area contributed by atoms with Gasteiger partial charge in [0.05, 0.1) is 4.99 Å². The second-order valence-corrected chi connectivity index (χ2v) is 8.08. The molecule has 0 atom stereocenters. The van der Waals surface area contributed by atoms with Gasteiger partial charge in [0.1, 0.15) is 5.78 Å². The summed E-state index contributed by atoms with van der Waals surface area (Å²) >= 11 is 5.76. The Bertz CT molecular complexity index is 755. The summed E-state index contributed by atoms with van der Waals surface area (Å²) in [6, 6.07) is 21.5. The van der Waals surface area contributed by atoms with Gasteiger partial charge in [-0.05, 0) is 43.9 Å². The third-order valence-electron chi connectivity index (χ3n) is 5.48. The number of likely N-dealkylation sites (tertiary alicyclic amines) is 1. The molecule has 1 saturated heterocycles. The van der Waals surface area contributed by atoms with E-state index in [1.165, 1.54) is 5.56 Å². The fraction of sp³-hybridized carbons (Fsp3) is 0.417. The van der Waals surface area contributed by atoms with E-state index in [-0.39, 0.29) is 5.78 Å². The number of rotatable bonds is 8. The molecule has 2 aromatic carbocycles. The molecule has 0 bridgehead atoms. The molecule has 0 amide bonds. The summed E-state index contributed by atoms with van der Waals surface area (Å²) < 4.78 is 0. The molecule has 0 unspecified atom stereocenters. The first-order chi connectivity index (χ1) is 13.6. The summed E-state index contributed by atoms with van der Waals surface area (Å²) in [5.74, 6) is 0.200. The maximum atomic E-state index is 11.4. The molecule has 1 heterocycles. The molecule has 0 saturated carbocycles. The lowest BCUT2D eigenvalue weighted by Crippen LogP contribution is -2.47. The summed E-state index contributed by atoms with van der Waals surface area (Å²) in [4.78, 5) is 17.2. The van der Waals surface area contributed by atoms with Gasteiger partial charge in [0.2, 0.25) is 0 Å². The molecule has 1 aliphatic rings. The highest BCUT2D eigenvalue weighted by Crippen LogP contribution is 2.25. The van der Waals surface area contributed by atoms with E-state index < -0.39 is 0 Å². The van der Waals surface area contributed by atoms with Crippen LogP contribution in [-0.4, -0.2) is 41.3 Å². The minimum Gasteiger partial charge on any atom is -0.333 e. The molecule has 3 nitrogen and oxygen atoms in total. The predicted molar refractivity (Wildman–Crippen MR) is 121 cm³/mol. The number of benzene rings is 2. The number of ketones is 1. The molecule has 0 N–H and O–H groups in total. The van der Waals surface area contributed by atoms with Crippen molar-refractivity contribution in [1.29, 1.82) is 0 Å². The third-order valence-corrected chi connectivity index (χ3v) is 5.88. The van der Waals surface area contributed by atoms with Crippen LogP contribution in [0.5, 0.6) is 0 Å². The van der Waals surface area contributed by atoms with Crippen LogP contribution < -0.4 is 4.90 Å². The zero-order valence-corrected chi connectivity index (χ0v) is 17.5. The Hall–Kier alpha value is -2.04. The van der Waals surface area contributed by atoms with Crippen molar-refractivity contribution in [2.24, 2.45) is 0 Å². The van der Waals surface area contributed by atoms with Crippen LogP contribution in [0.1, 0.15) is 38.2 Å². The highest BCUT2D eigenvalue weighted by Gasteiger charge is 2.27. The number of carbonyl (C=O) groups excluding carboxylic acids is 1. The predicted octanol–water partition coefficient (Wildman–Crippen LogP) is 4.90. The second-order valence-electron chi connectivity index (χ2n) is 7.61.